The summed E-state index contributed by atoms with van der Waals surface area (Å²) in [4.78, 5) is 11.8. The lowest BCUT2D eigenvalue weighted by atomic mass is 9.96. The van der Waals surface area contributed by atoms with Crippen LogP contribution in [0.2, 0.25) is 0 Å². The summed E-state index contributed by atoms with van der Waals surface area (Å²) >= 11 is 0. The maximum atomic E-state index is 11.8. The Morgan fingerprint density at radius 2 is 2.22 bits per heavy atom. The Morgan fingerprint density at radius 3 is 2.72 bits per heavy atom. The van der Waals surface area contributed by atoms with Crippen molar-refractivity contribution >= 4 is 5.91 Å². The van der Waals surface area contributed by atoms with Gasteiger partial charge in [0.05, 0.1) is 12.3 Å². The number of rotatable bonds is 6. The highest BCUT2D eigenvalue weighted by molar-refractivity contribution is 5.81. The number of carbonyl (C=O) groups excluding carboxylic acids is 1. The Kier molecular flexibility index (Phi) is 5.44. The number of nitrogens with zero attached hydrogens (tertiary/aromatic N) is 1. The van der Waals surface area contributed by atoms with E-state index in [-0.39, 0.29) is 17.9 Å². The molecule has 2 unspecified atom stereocenters. The van der Waals surface area contributed by atoms with Gasteiger partial charge in [0.2, 0.25) is 5.91 Å². The fourth-order valence-corrected chi connectivity index (χ4v) is 1.73. The third-order valence-electron chi connectivity index (χ3n) is 2.88. The highest BCUT2D eigenvalue weighted by Crippen LogP contribution is 2.11. The van der Waals surface area contributed by atoms with Crippen molar-refractivity contribution in [2.24, 2.45) is 11.8 Å². The van der Waals surface area contributed by atoms with Crippen LogP contribution in [-0.4, -0.2) is 11.9 Å². The van der Waals surface area contributed by atoms with Gasteiger partial charge in [-0.25, -0.2) is 0 Å². The molecule has 4 nitrogen and oxygen atoms in total. The molecule has 1 N–H and O–H groups in total. The van der Waals surface area contributed by atoms with Crippen LogP contribution in [0.5, 0.6) is 0 Å². The molecule has 1 aromatic heterocycles. The molecule has 0 fully saturated rings. The lowest BCUT2D eigenvalue weighted by Gasteiger charge is -2.17. The second-order valence-electron chi connectivity index (χ2n) is 4.88. The molecule has 0 saturated carbocycles. The van der Waals surface area contributed by atoms with Crippen molar-refractivity contribution in [3.05, 3.63) is 24.2 Å². The second kappa shape index (κ2) is 6.85. The van der Waals surface area contributed by atoms with Crippen LogP contribution in [0.25, 0.3) is 0 Å². The molecule has 0 bridgehead atoms. The van der Waals surface area contributed by atoms with Crippen LogP contribution in [0, 0.1) is 23.2 Å². The molecule has 1 heterocycles. The van der Waals surface area contributed by atoms with Gasteiger partial charge >= 0.3 is 0 Å². The summed E-state index contributed by atoms with van der Waals surface area (Å²) in [5, 5.41) is 11.8. The summed E-state index contributed by atoms with van der Waals surface area (Å²) < 4.78 is 5.23. The number of carbonyl (C=O) groups is 1. The summed E-state index contributed by atoms with van der Waals surface area (Å²) in [6, 6.07) is 5.85. The van der Waals surface area contributed by atoms with Gasteiger partial charge in [0.25, 0.3) is 0 Å². The van der Waals surface area contributed by atoms with Crippen molar-refractivity contribution in [3.8, 4) is 6.07 Å². The van der Waals surface area contributed by atoms with Crippen molar-refractivity contribution in [2.75, 3.05) is 0 Å². The number of hydrogen-bond donors (Lipinski definition) is 1. The Balaban J connectivity index is 2.37. The number of hydrogen-bond acceptors (Lipinski definition) is 3. The van der Waals surface area contributed by atoms with Gasteiger partial charge in [-0.15, -0.1) is 0 Å². The zero-order valence-electron chi connectivity index (χ0n) is 11.1. The molecule has 1 aromatic rings. The third-order valence-corrected chi connectivity index (χ3v) is 2.88. The van der Waals surface area contributed by atoms with Gasteiger partial charge < -0.3 is 9.73 Å². The van der Waals surface area contributed by atoms with E-state index in [1.165, 1.54) is 0 Å². The summed E-state index contributed by atoms with van der Waals surface area (Å²) in [6.07, 6.45) is 3.23. The molecule has 4 heteroatoms. The molecule has 18 heavy (non-hydrogen) atoms. The Labute approximate surface area is 108 Å². The predicted octanol–water partition coefficient (Wildman–Crippen LogP) is 2.51. The van der Waals surface area contributed by atoms with Crippen molar-refractivity contribution in [3.63, 3.8) is 0 Å². The van der Waals surface area contributed by atoms with E-state index in [9.17, 15) is 4.79 Å². The van der Waals surface area contributed by atoms with E-state index in [1.54, 1.807) is 6.26 Å². The molecular formula is C14H20N2O2. The monoisotopic (exact) mass is 248 g/mol. The van der Waals surface area contributed by atoms with Gasteiger partial charge in [-0.1, -0.05) is 13.8 Å². The fraction of sp³-hybridized carbons (Fsp3) is 0.571. The highest BCUT2D eigenvalue weighted by Gasteiger charge is 2.22. The van der Waals surface area contributed by atoms with Crippen LogP contribution in [0.3, 0.4) is 0 Å². The molecule has 0 aliphatic carbocycles. The Morgan fingerprint density at radius 1 is 1.50 bits per heavy atom. The third kappa shape index (κ3) is 4.25. The molecule has 0 radical (unpaired) electrons. The molecular weight excluding hydrogens is 228 g/mol. The lowest BCUT2D eigenvalue weighted by molar-refractivity contribution is -0.125. The van der Waals surface area contributed by atoms with Crippen LogP contribution in [0.1, 0.15) is 33.0 Å². The second-order valence-corrected chi connectivity index (χ2v) is 4.88. The largest absolute Gasteiger partial charge is 0.469 e. The van der Waals surface area contributed by atoms with E-state index in [4.69, 9.17) is 9.68 Å². The molecule has 0 aliphatic heterocycles. The maximum Gasteiger partial charge on any atom is 0.237 e. The first-order valence-electron chi connectivity index (χ1n) is 6.27. The van der Waals surface area contributed by atoms with Gasteiger partial charge in [-0.3, -0.25) is 4.79 Å². The fourth-order valence-electron chi connectivity index (χ4n) is 1.73. The molecule has 0 aromatic carbocycles. The van der Waals surface area contributed by atoms with Crippen LogP contribution >= 0.6 is 0 Å². The van der Waals surface area contributed by atoms with Crippen molar-refractivity contribution in [1.29, 1.82) is 5.26 Å². The van der Waals surface area contributed by atoms with Crippen LogP contribution in [-0.2, 0) is 11.2 Å². The van der Waals surface area contributed by atoms with E-state index in [0.29, 0.717) is 0 Å². The van der Waals surface area contributed by atoms with Gasteiger partial charge in [0.15, 0.2) is 0 Å². The van der Waals surface area contributed by atoms with E-state index in [2.05, 4.69) is 5.32 Å². The summed E-state index contributed by atoms with van der Waals surface area (Å²) in [5.41, 5.74) is 0. The van der Waals surface area contributed by atoms with E-state index in [1.807, 2.05) is 39.0 Å². The molecule has 2 atom stereocenters. The first-order valence-corrected chi connectivity index (χ1v) is 6.27. The average Bonchev–Trinajstić information content (AvgIpc) is 2.79. The molecule has 1 amide bonds. The highest BCUT2D eigenvalue weighted by atomic mass is 16.3. The summed E-state index contributed by atoms with van der Waals surface area (Å²) in [7, 11) is 0. The first kappa shape index (κ1) is 14.3. The van der Waals surface area contributed by atoms with E-state index in [0.717, 1.165) is 18.6 Å². The number of nitrogens with one attached hydrogen (secondary N) is 1. The van der Waals surface area contributed by atoms with Crippen molar-refractivity contribution in [2.45, 2.75) is 39.7 Å². The normalized spacial score (nSPS) is 13.9. The van der Waals surface area contributed by atoms with E-state index >= 15 is 0 Å². The minimum Gasteiger partial charge on any atom is -0.469 e. The minimum atomic E-state index is -0.573. The predicted molar refractivity (Wildman–Crippen MR) is 68.6 cm³/mol. The minimum absolute atomic E-state index is 0.0345. The van der Waals surface area contributed by atoms with Gasteiger partial charge in [-0.05, 0) is 31.4 Å². The number of nitriles is 1. The van der Waals surface area contributed by atoms with Crippen LogP contribution in [0.15, 0.2) is 22.8 Å². The molecule has 0 saturated heterocycles. The quantitative estimate of drug-likeness (QED) is 0.841. The van der Waals surface area contributed by atoms with Crippen molar-refractivity contribution < 1.29 is 9.21 Å². The van der Waals surface area contributed by atoms with Crippen LogP contribution in [0.4, 0.5) is 0 Å². The smallest absolute Gasteiger partial charge is 0.237 e. The Bertz CT molecular complexity index is 404. The van der Waals surface area contributed by atoms with Gasteiger partial charge in [-0.2, -0.15) is 5.26 Å². The van der Waals surface area contributed by atoms with Crippen molar-refractivity contribution in [1.82, 2.24) is 5.32 Å². The molecule has 1 rings (SSSR count). The average molecular weight is 248 g/mol. The van der Waals surface area contributed by atoms with Gasteiger partial charge in [0, 0.05) is 12.5 Å². The zero-order valence-corrected chi connectivity index (χ0v) is 11.1. The molecule has 98 valence electrons. The summed E-state index contributed by atoms with van der Waals surface area (Å²) in [5.74, 6) is 0.194. The standard InChI is InChI=1S/C14H20N2O2/c1-10(2)13(9-15)14(17)16-11(3)6-7-12-5-4-8-18-12/h4-5,8,10-11,13H,6-7H2,1-3H3,(H,16,17). The van der Waals surface area contributed by atoms with Gasteiger partial charge in [0.1, 0.15) is 11.7 Å². The summed E-state index contributed by atoms with van der Waals surface area (Å²) in [6.45, 7) is 5.69. The van der Waals surface area contributed by atoms with Crippen LogP contribution < -0.4 is 5.32 Å². The SMILES string of the molecule is CC(CCc1ccco1)NC(=O)C(C#N)C(C)C. The number of furan rings is 1. The number of aryl methyl sites for hydroxylation is 1. The Hall–Kier alpha value is -1.76. The maximum absolute atomic E-state index is 11.8. The van der Waals surface area contributed by atoms with E-state index < -0.39 is 5.92 Å². The zero-order chi connectivity index (χ0) is 13.5. The first-order chi connectivity index (χ1) is 8.54. The number of amides is 1. The molecule has 0 aliphatic rings. The lowest BCUT2D eigenvalue weighted by Crippen LogP contribution is -2.38. The topological polar surface area (TPSA) is 66.0 Å². The molecule has 0 spiro atoms.